The molecule has 0 saturated heterocycles. The van der Waals surface area contributed by atoms with Crippen molar-refractivity contribution in [2.75, 3.05) is 0 Å². The maximum Gasteiger partial charge on any atom is 0.407 e. The molecule has 160 valence electrons. The topological polar surface area (TPSA) is 86.4 Å². The Labute approximate surface area is 179 Å². The molecular weight excluding hydrogens is 406 g/mol. The number of aromatic nitrogens is 2. The van der Waals surface area contributed by atoms with E-state index in [1.54, 1.807) is 17.6 Å². The molecule has 3 aromatic rings. The Morgan fingerprint density at radius 3 is 2.80 bits per heavy atom. The van der Waals surface area contributed by atoms with E-state index in [1.165, 1.54) is 0 Å². The Balaban J connectivity index is 1.74. The summed E-state index contributed by atoms with van der Waals surface area (Å²) in [4.78, 5) is 25.7. The van der Waals surface area contributed by atoms with E-state index in [1.807, 2.05) is 32.9 Å². The number of nitrogens with one attached hydrogen (secondary N) is 1. The summed E-state index contributed by atoms with van der Waals surface area (Å²) >= 11 is 6.50. The van der Waals surface area contributed by atoms with E-state index in [9.17, 15) is 9.59 Å². The third-order valence-corrected chi connectivity index (χ3v) is 5.83. The Morgan fingerprint density at radius 2 is 2.07 bits per heavy atom. The van der Waals surface area contributed by atoms with E-state index in [0.717, 1.165) is 24.8 Å². The van der Waals surface area contributed by atoms with Crippen LogP contribution in [-0.2, 0) is 4.74 Å². The van der Waals surface area contributed by atoms with Crippen LogP contribution in [0.15, 0.2) is 27.5 Å². The van der Waals surface area contributed by atoms with E-state index in [2.05, 4.69) is 10.5 Å². The van der Waals surface area contributed by atoms with Gasteiger partial charge in [-0.3, -0.25) is 4.79 Å². The van der Waals surface area contributed by atoms with Crippen LogP contribution in [0.3, 0.4) is 0 Å². The largest absolute Gasteiger partial charge is 0.444 e. The summed E-state index contributed by atoms with van der Waals surface area (Å²) in [5.41, 5.74) is 0.532. The summed E-state index contributed by atoms with van der Waals surface area (Å²) in [5, 5.41) is 8.76. The highest BCUT2D eigenvalue weighted by molar-refractivity contribution is 6.37. The van der Waals surface area contributed by atoms with Crippen molar-refractivity contribution in [1.82, 2.24) is 15.0 Å². The quantitative estimate of drug-likeness (QED) is 0.609. The summed E-state index contributed by atoms with van der Waals surface area (Å²) in [6.45, 7) is 7.24. The van der Waals surface area contributed by atoms with Gasteiger partial charge in [0.2, 0.25) is 0 Å². The first-order chi connectivity index (χ1) is 14.2. The van der Waals surface area contributed by atoms with Crippen molar-refractivity contribution in [1.29, 1.82) is 0 Å². The van der Waals surface area contributed by atoms with Gasteiger partial charge in [-0.15, -0.1) is 0 Å². The summed E-state index contributed by atoms with van der Waals surface area (Å²) in [5.74, 6) is 0.477. The number of carbonyl (C=O) groups excluding carboxylic acids is 1. The Bertz CT molecular complexity index is 1180. The second-order valence-electron chi connectivity index (χ2n) is 8.94. The summed E-state index contributed by atoms with van der Waals surface area (Å²) in [6, 6.07) is 5.36. The average Bonchev–Trinajstić information content (AvgIpc) is 3.02. The van der Waals surface area contributed by atoms with Crippen molar-refractivity contribution in [3.63, 3.8) is 0 Å². The number of rotatable bonds is 2. The molecule has 2 atom stereocenters. The Kier molecular flexibility index (Phi) is 5.26. The maximum atomic E-state index is 13.5. The first-order valence-corrected chi connectivity index (χ1v) is 10.6. The SMILES string of the molecule is Cc1onc2c1c(=O)n([C@@H]1CCC[C@H](NC(=O)OC(C)(C)C)C1)c1cccc(Cl)c21. The lowest BCUT2D eigenvalue weighted by Crippen LogP contribution is -2.42. The molecular formula is C22H26ClN3O4. The number of alkyl carbamates (subject to hydrolysis) is 1. The molecule has 2 aromatic heterocycles. The van der Waals surface area contributed by atoms with Gasteiger partial charge in [0, 0.05) is 17.5 Å². The summed E-state index contributed by atoms with van der Waals surface area (Å²) in [6.07, 6.45) is 2.78. The van der Waals surface area contributed by atoms with Crippen molar-refractivity contribution in [2.45, 2.75) is 71.1 Å². The average molecular weight is 432 g/mol. The smallest absolute Gasteiger partial charge is 0.407 e. The lowest BCUT2D eigenvalue weighted by atomic mass is 9.90. The van der Waals surface area contributed by atoms with E-state index in [-0.39, 0.29) is 17.6 Å². The van der Waals surface area contributed by atoms with Crippen molar-refractivity contribution in [3.8, 4) is 0 Å². The lowest BCUT2D eigenvalue weighted by molar-refractivity contribution is 0.0486. The van der Waals surface area contributed by atoms with Crippen molar-refractivity contribution in [3.05, 3.63) is 39.3 Å². The van der Waals surface area contributed by atoms with Crippen LogP contribution >= 0.6 is 11.6 Å². The number of fused-ring (bicyclic) bond motifs is 3. The second kappa shape index (κ2) is 7.61. The van der Waals surface area contributed by atoms with Crippen LogP contribution in [-0.4, -0.2) is 27.5 Å². The minimum Gasteiger partial charge on any atom is -0.444 e. The normalized spacial score (nSPS) is 19.9. The van der Waals surface area contributed by atoms with E-state index >= 15 is 0 Å². The van der Waals surface area contributed by atoms with Gasteiger partial charge in [-0.1, -0.05) is 22.8 Å². The van der Waals surface area contributed by atoms with Gasteiger partial charge in [0.25, 0.3) is 5.56 Å². The number of halogens is 1. The molecule has 1 aliphatic carbocycles. The van der Waals surface area contributed by atoms with Gasteiger partial charge < -0.3 is 19.1 Å². The summed E-state index contributed by atoms with van der Waals surface area (Å²) < 4.78 is 12.5. The minimum absolute atomic E-state index is 0.0704. The first-order valence-electron chi connectivity index (χ1n) is 10.2. The fourth-order valence-corrected chi connectivity index (χ4v) is 4.60. The number of pyridine rings is 1. The standard InChI is InChI=1S/C22H26ClN3O4/c1-12-17-19(25-30-12)18-15(23)9-6-10-16(18)26(20(17)27)14-8-5-7-13(11-14)24-21(28)29-22(2,3)4/h6,9-10,13-14H,5,7-8,11H2,1-4H3,(H,24,28)/t13-,14+/m0/s1. The number of hydrogen-bond donors (Lipinski definition) is 1. The van der Waals surface area contributed by atoms with Gasteiger partial charge in [0.15, 0.2) is 0 Å². The van der Waals surface area contributed by atoms with Crippen LogP contribution < -0.4 is 10.9 Å². The molecule has 0 radical (unpaired) electrons. The zero-order chi connectivity index (χ0) is 21.6. The number of amides is 1. The predicted octanol–water partition coefficient (Wildman–Crippen LogP) is 5.11. The predicted molar refractivity (Wildman–Crippen MR) is 116 cm³/mol. The van der Waals surface area contributed by atoms with Gasteiger partial charge in [0.1, 0.15) is 22.3 Å². The van der Waals surface area contributed by atoms with Crippen LogP contribution in [0.5, 0.6) is 0 Å². The lowest BCUT2D eigenvalue weighted by Gasteiger charge is -2.32. The highest BCUT2D eigenvalue weighted by Crippen LogP contribution is 2.35. The first kappa shape index (κ1) is 20.7. The highest BCUT2D eigenvalue weighted by atomic mass is 35.5. The minimum atomic E-state index is -0.557. The molecule has 30 heavy (non-hydrogen) atoms. The van der Waals surface area contributed by atoms with Gasteiger partial charge in [0.05, 0.1) is 10.5 Å². The molecule has 1 aliphatic rings. The number of ether oxygens (including phenoxy) is 1. The van der Waals surface area contributed by atoms with Gasteiger partial charge >= 0.3 is 6.09 Å². The zero-order valence-corrected chi connectivity index (χ0v) is 18.4. The number of nitrogens with zero attached hydrogens (tertiary/aromatic N) is 2. The van der Waals surface area contributed by atoms with Gasteiger partial charge in [-0.2, -0.15) is 0 Å². The molecule has 0 spiro atoms. The molecule has 1 fully saturated rings. The molecule has 0 aliphatic heterocycles. The van der Waals surface area contributed by atoms with Crippen LogP contribution in [0.2, 0.25) is 5.02 Å². The van der Waals surface area contributed by atoms with E-state index in [4.69, 9.17) is 20.9 Å². The van der Waals surface area contributed by atoms with E-state index in [0.29, 0.717) is 33.5 Å². The fourth-order valence-electron chi connectivity index (χ4n) is 4.34. The Morgan fingerprint density at radius 1 is 1.30 bits per heavy atom. The van der Waals surface area contributed by atoms with Gasteiger partial charge in [-0.25, -0.2) is 4.79 Å². The number of aryl methyl sites for hydroxylation is 1. The molecule has 1 aromatic carbocycles. The number of carbonyl (C=O) groups is 1. The Hall–Kier alpha value is -2.54. The van der Waals surface area contributed by atoms with E-state index < -0.39 is 11.7 Å². The van der Waals surface area contributed by atoms with Crippen molar-refractivity contribution >= 4 is 39.5 Å². The molecule has 1 saturated carbocycles. The number of hydrogen-bond acceptors (Lipinski definition) is 5. The molecule has 0 bridgehead atoms. The second-order valence-corrected chi connectivity index (χ2v) is 9.34. The molecule has 1 N–H and O–H groups in total. The van der Waals surface area contributed by atoms with Crippen LogP contribution in [0.25, 0.3) is 21.8 Å². The molecule has 0 unspecified atom stereocenters. The summed E-state index contributed by atoms with van der Waals surface area (Å²) in [7, 11) is 0. The van der Waals surface area contributed by atoms with Crippen LogP contribution in [0.4, 0.5) is 4.79 Å². The van der Waals surface area contributed by atoms with Crippen molar-refractivity contribution < 1.29 is 14.1 Å². The number of benzene rings is 1. The third kappa shape index (κ3) is 3.78. The van der Waals surface area contributed by atoms with Crippen LogP contribution in [0.1, 0.15) is 58.3 Å². The van der Waals surface area contributed by atoms with Crippen molar-refractivity contribution in [2.24, 2.45) is 0 Å². The monoisotopic (exact) mass is 431 g/mol. The molecule has 8 heteroatoms. The van der Waals surface area contributed by atoms with Gasteiger partial charge in [-0.05, 0) is 65.5 Å². The van der Waals surface area contributed by atoms with Crippen LogP contribution in [0, 0.1) is 6.92 Å². The molecule has 1 amide bonds. The molecule has 7 nitrogen and oxygen atoms in total. The highest BCUT2D eigenvalue weighted by Gasteiger charge is 2.29. The fraction of sp³-hybridized carbons (Fsp3) is 0.500. The zero-order valence-electron chi connectivity index (χ0n) is 17.6. The third-order valence-electron chi connectivity index (χ3n) is 5.52. The molecule has 2 heterocycles. The maximum absolute atomic E-state index is 13.5. The molecule has 4 rings (SSSR count).